The zero-order valence-corrected chi connectivity index (χ0v) is 6.42. The highest BCUT2D eigenvalue weighted by atomic mass is 16.5. The maximum atomic E-state index is 8.65. The number of rotatable bonds is 2. The van der Waals surface area contributed by atoms with E-state index in [2.05, 4.69) is 11.8 Å². The van der Waals surface area contributed by atoms with Gasteiger partial charge in [0.2, 0.25) is 0 Å². The molecule has 0 aromatic heterocycles. The number of morpholine rings is 1. The minimum Gasteiger partial charge on any atom is -0.395 e. The Morgan fingerprint density at radius 1 is 1.70 bits per heavy atom. The maximum Gasteiger partial charge on any atom is 0.0619 e. The molecular formula is C7H15NO2. The van der Waals surface area contributed by atoms with Crippen LogP contribution in [0.3, 0.4) is 0 Å². The average Bonchev–Trinajstić information content (AvgIpc) is 1.94. The summed E-state index contributed by atoms with van der Waals surface area (Å²) in [4.78, 5) is 2.24. The molecule has 1 heterocycles. The molecule has 1 fully saturated rings. The van der Waals surface area contributed by atoms with E-state index in [0.29, 0.717) is 6.04 Å². The molecule has 0 saturated carbocycles. The second-order valence-corrected chi connectivity index (χ2v) is 2.68. The minimum absolute atomic E-state index is 0.254. The van der Waals surface area contributed by atoms with Crippen LogP contribution in [0.1, 0.15) is 6.92 Å². The van der Waals surface area contributed by atoms with E-state index in [-0.39, 0.29) is 6.61 Å². The van der Waals surface area contributed by atoms with Gasteiger partial charge < -0.3 is 9.84 Å². The first-order valence-electron chi connectivity index (χ1n) is 3.77. The highest BCUT2D eigenvalue weighted by Gasteiger charge is 2.16. The lowest BCUT2D eigenvalue weighted by Crippen LogP contribution is -2.44. The SMILES string of the molecule is CC1COCCN1CCO. The normalized spacial score (nSPS) is 28.8. The van der Waals surface area contributed by atoms with Crippen molar-refractivity contribution in [3.63, 3.8) is 0 Å². The number of aliphatic hydroxyl groups is 1. The van der Waals surface area contributed by atoms with Crippen molar-refractivity contribution in [2.24, 2.45) is 0 Å². The molecule has 0 bridgehead atoms. The largest absolute Gasteiger partial charge is 0.395 e. The molecule has 1 N–H and O–H groups in total. The van der Waals surface area contributed by atoms with Crippen LogP contribution in [0.4, 0.5) is 0 Å². The topological polar surface area (TPSA) is 32.7 Å². The number of ether oxygens (including phenoxy) is 1. The van der Waals surface area contributed by atoms with E-state index >= 15 is 0 Å². The monoisotopic (exact) mass is 145 g/mol. The minimum atomic E-state index is 0.254. The fraction of sp³-hybridized carbons (Fsp3) is 1.00. The smallest absolute Gasteiger partial charge is 0.0619 e. The van der Waals surface area contributed by atoms with E-state index in [4.69, 9.17) is 9.84 Å². The van der Waals surface area contributed by atoms with Crippen molar-refractivity contribution in [3.8, 4) is 0 Å². The average molecular weight is 145 g/mol. The first-order valence-corrected chi connectivity index (χ1v) is 3.77. The molecule has 0 aliphatic carbocycles. The summed E-state index contributed by atoms with van der Waals surface area (Å²) in [7, 11) is 0. The van der Waals surface area contributed by atoms with E-state index < -0.39 is 0 Å². The molecule has 0 aromatic carbocycles. The van der Waals surface area contributed by atoms with Crippen LogP contribution < -0.4 is 0 Å². The number of nitrogens with zero attached hydrogens (tertiary/aromatic N) is 1. The summed E-state index contributed by atoms with van der Waals surface area (Å²) >= 11 is 0. The van der Waals surface area contributed by atoms with Crippen molar-refractivity contribution in [2.45, 2.75) is 13.0 Å². The third kappa shape index (κ3) is 1.94. The van der Waals surface area contributed by atoms with Gasteiger partial charge in [-0.05, 0) is 6.92 Å². The molecule has 1 rings (SSSR count). The van der Waals surface area contributed by atoms with E-state index in [1.54, 1.807) is 0 Å². The van der Waals surface area contributed by atoms with Gasteiger partial charge in [-0.25, -0.2) is 0 Å². The van der Waals surface area contributed by atoms with Crippen molar-refractivity contribution in [1.82, 2.24) is 4.90 Å². The fourth-order valence-electron chi connectivity index (χ4n) is 1.22. The molecule has 1 aliphatic rings. The van der Waals surface area contributed by atoms with Crippen molar-refractivity contribution in [3.05, 3.63) is 0 Å². The van der Waals surface area contributed by atoms with Crippen LogP contribution in [0.25, 0.3) is 0 Å². The lowest BCUT2D eigenvalue weighted by atomic mass is 10.2. The van der Waals surface area contributed by atoms with Gasteiger partial charge in [0.25, 0.3) is 0 Å². The third-order valence-corrected chi connectivity index (χ3v) is 1.89. The third-order valence-electron chi connectivity index (χ3n) is 1.89. The molecule has 3 heteroatoms. The van der Waals surface area contributed by atoms with Crippen molar-refractivity contribution in [2.75, 3.05) is 32.9 Å². The van der Waals surface area contributed by atoms with Gasteiger partial charge in [0, 0.05) is 19.1 Å². The van der Waals surface area contributed by atoms with Crippen LogP contribution in [-0.4, -0.2) is 49.0 Å². The fourth-order valence-corrected chi connectivity index (χ4v) is 1.22. The lowest BCUT2D eigenvalue weighted by molar-refractivity contribution is -0.00656. The molecule has 1 atom stereocenters. The molecule has 0 spiro atoms. The van der Waals surface area contributed by atoms with Gasteiger partial charge in [-0.2, -0.15) is 0 Å². The molecule has 60 valence electrons. The Kier molecular flexibility index (Phi) is 3.12. The number of hydrogen-bond donors (Lipinski definition) is 1. The zero-order chi connectivity index (χ0) is 7.40. The van der Waals surface area contributed by atoms with Crippen molar-refractivity contribution >= 4 is 0 Å². The lowest BCUT2D eigenvalue weighted by Gasteiger charge is -2.32. The predicted molar refractivity (Wildman–Crippen MR) is 38.9 cm³/mol. The zero-order valence-electron chi connectivity index (χ0n) is 6.42. The number of aliphatic hydroxyl groups excluding tert-OH is 1. The van der Waals surface area contributed by atoms with Gasteiger partial charge in [-0.15, -0.1) is 0 Å². The quantitative estimate of drug-likeness (QED) is 0.579. The molecule has 1 aliphatic heterocycles. The van der Waals surface area contributed by atoms with Gasteiger partial charge in [-0.3, -0.25) is 4.90 Å². The van der Waals surface area contributed by atoms with Crippen LogP contribution >= 0.6 is 0 Å². The molecule has 0 aromatic rings. The van der Waals surface area contributed by atoms with Crippen molar-refractivity contribution < 1.29 is 9.84 Å². The highest BCUT2D eigenvalue weighted by molar-refractivity contribution is 4.69. The summed E-state index contributed by atoms with van der Waals surface area (Å²) in [5.74, 6) is 0. The van der Waals surface area contributed by atoms with E-state index in [9.17, 15) is 0 Å². The van der Waals surface area contributed by atoms with E-state index in [1.807, 2.05) is 0 Å². The Hall–Kier alpha value is -0.120. The van der Waals surface area contributed by atoms with Crippen LogP contribution in [0.5, 0.6) is 0 Å². The van der Waals surface area contributed by atoms with Gasteiger partial charge >= 0.3 is 0 Å². The molecule has 0 amide bonds. The first kappa shape index (κ1) is 7.98. The standard InChI is InChI=1S/C7H15NO2/c1-7-6-10-5-3-8(7)2-4-9/h7,9H,2-6H2,1H3. The van der Waals surface area contributed by atoms with Crippen molar-refractivity contribution in [1.29, 1.82) is 0 Å². The summed E-state index contributed by atoms with van der Waals surface area (Å²) in [5, 5.41) is 8.65. The van der Waals surface area contributed by atoms with Gasteiger partial charge in [-0.1, -0.05) is 0 Å². The Morgan fingerprint density at radius 3 is 3.10 bits per heavy atom. The van der Waals surface area contributed by atoms with Crippen LogP contribution in [-0.2, 0) is 4.74 Å². The molecule has 10 heavy (non-hydrogen) atoms. The molecule has 3 nitrogen and oxygen atoms in total. The number of β-amino-alcohol motifs (C(OH)–C–C–N with tert-alkyl or cyclic N) is 1. The molecular weight excluding hydrogens is 130 g/mol. The van der Waals surface area contributed by atoms with Crippen LogP contribution in [0, 0.1) is 0 Å². The Morgan fingerprint density at radius 2 is 2.50 bits per heavy atom. The molecule has 0 radical (unpaired) electrons. The van der Waals surface area contributed by atoms with Crippen LogP contribution in [0.2, 0.25) is 0 Å². The Labute approximate surface area is 61.6 Å². The van der Waals surface area contributed by atoms with Gasteiger partial charge in [0.15, 0.2) is 0 Å². The molecule has 1 unspecified atom stereocenters. The highest BCUT2D eigenvalue weighted by Crippen LogP contribution is 2.03. The maximum absolute atomic E-state index is 8.65. The van der Waals surface area contributed by atoms with Gasteiger partial charge in [0.1, 0.15) is 0 Å². The summed E-state index contributed by atoms with van der Waals surface area (Å²) in [6.07, 6.45) is 0. The number of hydrogen-bond acceptors (Lipinski definition) is 3. The van der Waals surface area contributed by atoms with Crippen LogP contribution in [0.15, 0.2) is 0 Å². The summed E-state index contributed by atoms with van der Waals surface area (Å²) < 4.78 is 5.23. The summed E-state index contributed by atoms with van der Waals surface area (Å²) in [6.45, 7) is 5.73. The second kappa shape index (κ2) is 3.91. The second-order valence-electron chi connectivity index (χ2n) is 2.68. The Bertz CT molecular complexity index is 95.6. The van der Waals surface area contributed by atoms with Gasteiger partial charge in [0.05, 0.1) is 19.8 Å². The molecule has 1 saturated heterocycles. The summed E-state index contributed by atoms with van der Waals surface area (Å²) in [5.41, 5.74) is 0. The first-order chi connectivity index (χ1) is 4.84. The Balaban J connectivity index is 2.25. The van der Waals surface area contributed by atoms with E-state index in [0.717, 1.165) is 26.3 Å². The predicted octanol–water partition coefficient (Wildman–Crippen LogP) is -0.301. The van der Waals surface area contributed by atoms with E-state index in [1.165, 1.54) is 0 Å². The summed E-state index contributed by atoms with van der Waals surface area (Å²) in [6, 6.07) is 0.473.